The van der Waals surface area contributed by atoms with Gasteiger partial charge in [0.1, 0.15) is 0 Å². The van der Waals surface area contributed by atoms with E-state index in [0.29, 0.717) is 19.3 Å². The molecule has 0 amide bonds. The molecule has 0 radical (unpaired) electrons. The van der Waals surface area contributed by atoms with Crippen LogP contribution >= 0.6 is 0 Å². The van der Waals surface area contributed by atoms with Crippen molar-refractivity contribution in [3.05, 3.63) is 0 Å². The fraction of sp³-hybridized carbons (Fsp3) is 0.941. The van der Waals surface area contributed by atoms with Gasteiger partial charge in [-0.25, -0.2) is 0 Å². The molecule has 0 heterocycles. The number of hydrogen-bond donors (Lipinski definition) is 1. The molecule has 1 N–H and O–H groups in total. The van der Waals surface area contributed by atoms with E-state index in [1.807, 2.05) is 6.92 Å². The van der Waals surface area contributed by atoms with E-state index in [2.05, 4.69) is 0 Å². The maximum absolute atomic E-state index is 12.9. The molecule has 152 valence electrons. The highest BCUT2D eigenvalue weighted by molar-refractivity contribution is 5.71. The lowest BCUT2D eigenvalue weighted by molar-refractivity contribution is -0.373. The number of rotatable bonds is 6. The Hall–Kier alpha value is -0.990. The molecule has 2 saturated carbocycles. The van der Waals surface area contributed by atoms with Crippen LogP contribution in [0, 0.1) is 29.6 Å². The van der Waals surface area contributed by atoms with E-state index in [0.717, 1.165) is 0 Å². The number of halogens is 6. The topological polar surface area (TPSA) is 46.5 Å². The van der Waals surface area contributed by atoms with Gasteiger partial charge in [-0.3, -0.25) is 4.79 Å². The first kappa shape index (κ1) is 21.3. The van der Waals surface area contributed by atoms with E-state index < -0.39 is 30.3 Å². The van der Waals surface area contributed by atoms with Crippen LogP contribution in [0.4, 0.5) is 26.3 Å². The lowest BCUT2D eigenvalue weighted by atomic mass is 9.76. The lowest BCUT2D eigenvalue weighted by Crippen LogP contribution is -2.58. The minimum absolute atomic E-state index is 0.0332. The summed E-state index contributed by atoms with van der Waals surface area (Å²) in [5, 5.41) is 9.38. The Bertz CT molecular complexity index is 502. The predicted octanol–water partition coefficient (Wildman–Crippen LogP) is 4.48. The van der Waals surface area contributed by atoms with Crippen LogP contribution in [0.5, 0.6) is 0 Å². The Morgan fingerprint density at radius 3 is 1.96 bits per heavy atom. The molecule has 2 aliphatic rings. The second-order valence-electron chi connectivity index (χ2n) is 7.75. The van der Waals surface area contributed by atoms with Gasteiger partial charge in [0.15, 0.2) is 0 Å². The lowest BCUT2D eigenvalue weighted by Gasteiger charge is -2.37. The molecule has 26 heavy (non-hydrogen) atoms. The van der Waals surface area contributed by atoms with Crippen molar-refractivity contribution in [1.29, 1.82) is 0 Å². The Labute approximate surface area is 148 Å². The molecule has 5 atom stereocenters. The number of fused-ring (bicyclic) bond motifs is 2. The Kier molecular flexibility index (Phi) is 5.90. The largest absolute Gasteiger partial charge is 0.465 e. The average Bonchev–Trinajstić information content (AvgIpc) is 3.09. The van der Waals surface area contributed by atoms with Crippen molar-refractivity contribution in [3.8, 4) is 0 Å². The summed E-state index contributed by atoms with van der Waals surface area (Å²) in [6.45, 7) is 3.73. The third-order valence-electron chi connectivity index (χ3n) is 6.10. The molecule has 0 aromatic carbocycles. The third kappa shape index (κ3) is 3.97. The number of ether oxygens (including phenoxy) is 1. The Morgan fingerprint density at radius 1 is 1.04 bits per heavy atom. The first-order chi connectivity index (χ1) is 11.8. The predicted molar refractivity (Wildman–Crippen MR) is 79.9 cm³/mol. The number of carbonyl (C=O) groups is 1. The van der Waals surface area contributed by atoms with Crippen LogP contribution in [0.2, 0.25) is 0 Å². The zero-order valence-corrected chi connectivity index (χ0v) is 14.7. The molecule has 0 spiro atoms. The van der Waals surface area contributed by atoms with E-state index in [9.17, 15) is 36.2 Å². The van der Waals surface area contributed by atoms with E-state index in [-0.39, 0.29) is 42.7 Å². The van der Waals surface area contributed by atoms with E-state index >= 15 is 0 Å². The van der Waals surface area contributed by atoms with Crippen LogP contribution in [0.1, 0.15) is 46.0 Å². The van der Waals surface area contributed by atoms with Crippen LogP contribution in [0.25, 0.3) is 0 Å². The normalized spacial score (nSPS) is 30.5. The van der Waals surface area contributed by atoms with Gasteiger partial charge in [0, 0.05) is 0 Å². The zero-order valence-electron chi connectivity index (χ0n) is 14.7. The number of carbonyl (C=O) groups excluding carboxylic acids is 1. The average molecular weight is 390 g/mol. The van der Waals surface area contributed by atoms with Gasteiger partial charge in [0.25, 0.3) is 5.60 Å². The van der Waals surface area contributed by atoms with Gasteiger partial charge in [-0.05, 0) is 55.8 Å². The fourth-order valence-corrected chi connectivity index (χ4v) is 4.24. The van der Waals surface area contributed by atoms with Crippen LogP contribution in [0.3, 0.4) is 0 Å². The second-order valence-corrected chi connectivity index (χ2v) is 7.75. The molecular formula is C17H24F6O3. The number of alkyl halides is 6. The van der Waals surface area contributed by atoms with Crippen LogP contribution in [-0.2, 0) is 9.53 Å². The van der Waals surface area contributed by atoms with Gasteiger partial charge in [-0.2, -0.15) is 26.3 Å². The monoisotopic (exact) mass is 390 g/mol. The molecule has 9 heteroatoms. The van der Waals surface area contributed by atoms with Crippen molar-refractivity contribution in [1.82, 2.24) is 0 Å². The second kappa shape index (κ2) is 7.20. The summed E-state index contributed by atoms with van der Waals surface area (Å²) in [5.74, 6) is -1.84. The van der Waals surface area contributed by atoms with Crippen molar-refractivity contribution >= 4 is 5.97 Å². The summed E-state index contributed by atoms with van der Waals surface area (Å²) < 4.78 is 82.4. The highest BCUT2D eigenvalue weighted by Crippen LogP contribution is 2.57. The minimum Gasteiger partial charge on any atom is -0.465 e. The van der Waals surface area contributed by atoms with E-state index in [1.54, 1.807) is 6.92 Å². The molecule has 0 aromatic rings. The molecule has 2 bridgehead atoms. The first-order valence-corrected chi connectivity index (χ1v) is 8.82. The van der Waals surface area contributed by atoms with Crippen molar-refractivity contribution < 1.29 is 41.0 Å². The fourth-order valence-electron chi connectivity index (χ4n) is 4.24. The third-order valence-corrected chi connectivity index (χ3v) is 6.10. The SMILES string of the molecule is CCC(C)C(=O)OCC1CC2CC1CC2CC(O)(C(F)(F)F)C(F)(F)F. The van der Waals surface area contributed by atoms with Crippen molar-refractivity contribution in [2.24, 2.45) is 29.6 Å². The molecular weight excluding hydrogens is 366 g/mol. The quantitative estimate of drug-likeness (QED) is 0.537. The summed E-state index contributed by atoms with van der Waals surface area (Å²) >= 11 is 0. The van der Waals surface area contributed by atoms with Gasteiger partial charge in [-0.15, -0.1) is 0 Å². The van der Waals surface area contributed by atoms with E-state index in [4.69, 9.17) is 4.74 Å². The van der Waals surface area contributed by atoms with E-state index in [1.165, 1.54) is 0 Å². The van der Waals surface area contributed by atoms with Gasteiger partial charge in [-0.1, -0.05) is 13.8 Å². The number of hydrogen-bond acceptors (Lipinski definition) is 3. The highest BCUT2D eigenvalue weighted by atomic mass is 19.4. The maximum Gasteiger partial charge on any atom is 0.426 e. The van der Waals surface area contributed by atoms with Crippen molar-refractivity contribution in [2.75, 3.05) is 6.61 Å². The van der Waals surface area contributed by atoms with Gasteiger partial charge < -0.3 is 9.84 Å². The smallest absolute Gasteiger partial charge is 0.426 e. The summed E-state index contributed by atoms with van der Waals surface area (Å²) in [7, 11) is 0. The van der Waals surface area contributed by atoms with Crippen LogP contribution < -0.4 is 0 Å². The van der Waals surface area contributed by atoms with Crippen LogP contribution in [-0.4, -0.2) is 35.6 Å². The molecule has 2 aliphatic carbocycles. The minimum atomic E-state index is -5.77. The Balaban J connectivity index is 1.95. The summed E-state index contributed by atoms with van der Waals surface area (Å²) in [5.41, 5.74) is -4.67. The standard InChI is InChI=1S/C17H24F6O3/c1-3-9(2)14(24)26-8-13-6-10-4-11(13)5-12(10)7-15(25,16(18,19)20)17(21,22)23/h9-13,25H,3-8H2,1-2H3. The summed E-state index contributed by atoms with van der Waals surface area (Å²) in [6, 6.07) is 0. The molecule has 0 saturated heterocycles. The molecule has 5 unspecified atom stereocenters. The highest BCUT2D eigenvalue weighted by Gasteiger charge is 2.71. The number of aliphatic hydroxyl groups is 1. The molecule has 0 aliphatic heterocycles. The van der Waals surface area contributed by atoms with Gasteiger partial charge in [0.05, 0.1) is 12.5 Å². The molecule has 2 rings (SSSR count). The molecule has 0 aromatic heterocycles. The van der Waals surface area contributed by atoms with Gasteiger partial charge >= 0.3 is 18.3 Å². The van der Waals surface area contributed by atoms with Crippen molar-refractivity contribution in [2.45, 2.75) is 63.9 Å². The zero-order chi connectivity index (χ0) is 19.9. The summed E-state index contributed by atoms with van der Waals surface area (Å²) in [6.07, 6.45) is -11.1. The van der Waals surface area contributed by atoms with Gasteiger partial charge in [0.2, 0.25) is 0 Å². The molecule has 3 nitrogen and oxygen atoms in total. The first-order valence-electron chi connectivity index (χ1n) is 8.82. The van der Waals surface area contributed by atoms with Crippen LogP contribution in [0.15, 0.2) is 0 Å². The Morgan fingerprint density at radius 2 is 1.54 bits per heavy atom. The number of esters is 1. The maximum atomic E-state index is 12.9. The van der Waals surface area contributed by atoms with Crippen molar-refractivity contribution in [3.63, 3.8) is 0 Å². The molecule has 2 fully saturated rings. The summed E-state index contributed by atoms with van der Waals surface area (Å²) in [4.78, 5) is 11.7.